The molecule has 1 aliphatic heterocycles. The number of ether oxygens (including phenoxy) is 1. The summed E-state index contributed by atoms with van der Waals surface area (Å²) in [7, 11) is 12.1. The lowest BCUT2D eigenvalue weighted by Crippen LogP contribution is -2.49. The van der Waals surface area contributed by atoms with Gasteiger partial charge in [0.05, 0.1) is 48.7 Å². The normalized spacial score (nSPS) is 15.4. The molecule has 1 amide bonds. The van der Waals surface area contributed by atoms with Gasteiger partial charge >= 0.3 is 6.18 Å². The first-order valence-corrected chi connectivity index (χ1v) is 11.4. The molecule has 1 unspecified atom stereocenters. The third kappa shape index (κ3) is 5.49. The Morgan fingerprint density at radius 2 is 1.87 bits per heavy atom. The van der Waals surface area contributed by atoms with Gasteiger partial charge in [0.25, 0.3) is 5.56 Å². The van der Waals surface area contributed by atoms with E-state index in [1.807, 2.05) is 16.1 Å². The highest BCUT2D eigenvalue weighted by molar-refractivity contribution is 6.39. The number of halogens is 3. The first-order chi connectivity index (χ1) is 17.9. The smallest absolute Gasteiger partial charge is 0.392 e. The Morgan fingerprint density at radius 1 is 1.21 bits per heavy atom. The summed E-state index contributed by atoms with van der Waals surface area (Å²) in [4.78, 5) is 36.5. The fourth-order valence-corrected chi connectivity index (χ4v) is 3.98. The van der Waals surface area contributed by atoms with Crippen molar-refractivity contribution in [2.24, 2.45) is 0 Å². The molecule has 38 heavy (non-hydrogen) atoms. The number of nitrogens with zero attached hydrogens (tertiary/aromatic N) is 8. The van der Waals surface area contributed by atoms with Crippen molar-refractivity contribution in [1.82, 2.24) is 34.8 Å². The Kier molecular flexibility index (Phi) is 7.45. The Labute approximate surface area is 216 Å². The molecule has 194 valence electrons. The number of H-pyrrole nitrogens is 1. The molecule has 0 saturated carbocycles. The standard InChI is InChI=1S/C21H20B2F3N9O3/c1-12(35-14-11-30-31-18(37)16(14)17(32-35)21(24,25)26)20(22,23)38-7-2-15(36)33-3-5-34(6-4-33)19-28-9-13(8-27)10-29-19/h9-12H,2-7H2,1H3,(H,31,37). The van der Waals surface area contributed by atoms with Crippen LogP contribution in [0.1, 0.15) is 30.6 Å². The van der Waals surface area contributed by atoms with Crippen LogP contribution in [0.2, 0.25) is 0 Å². The second-order valence-electron chi connectivity index (χ2n) is 8.63. The number of aromatic nitrogens is 6. The van der Waals surface area contributed by atoms with E-state index in [9.17, 15) is 22.8 Å². The molecule has 1 saturated heterocycles. The summed E-state index contributed by atoms with van der Waals surface area (Å²) in [5.41, 5.74) is -2.35. The summed E-state index contributed by atoms with van der Waals surface area (Å²) < 4.78 is 46.8. The Hall–Kier alpha value is -3.93. The quantitative estimate of drug-likeness (QED) is 0.425. The van der Waals surface area contributed by atoms with Gasteiger partial charge in [0.1, 0.15) is 27.1 Å². The minimum Gasteiger partial charge on any atom is -0.392 e. The number of aromatic amines is 1. The zero-order valence-corrected chi connectivity index (χ0v) is 20.1. The van der Waals surface area contributed by atoms with E-state index in [4.69, 9.17) is 25.7 Å². The summed E-state index contributed by atoms with van der Waals surface area (Å²) in [6.07, 6.45) is -1.13. The Morgan fingerprint density at radius 3 is 2.47 bits per heavy atom. The number of carbonyl (C=O) groups is 1. The largest absolute Gasteiger partial charge is 0.435 e. The minimum absolute atomic E-state index is 0.0783. The first-order valence-electron chi connectivity index (χ1n) is 11.4. The van der Waals surface area contributed by atoms with E-state index in [1.165, 1.54) is 19.3 Å². The molecule has 1 aliphatic rings. The fourth-order valence-electron chi connectivity index (χ4n) is 3.98. The number of nitrogens with one attached hydrogen (secondary N) is 1. The Balaban J connectivity index is 1.35. The van der Waals surface area contributed by atoms with Crippen LogP contribution < -0.4 is 10.5 Å². The second kappa shape index (κ2) is 10.4. The van der Waals surface area contributed by atoms with Gasteiger partial charge < -0.3 is 14.5 Å². The number of nitriles is 1. The molecule has 1 N–H and O–H groups in total. The number of hydrogen-bond donors (Lipinski definition) is 1. The summed E-state index contributed by atoms with van der Waals surface area (Å²) in [5, 5.41) is 15.2. The van der Waals surface area contributed by atoms with Crippen molar-refractivity contribution in [1.29, 1.82) is 5.26 Å². The van der Waals surface area contributed by atoms with E-state index in [1.54, 1.807) is 4.90 Å². The van der Waals surface area contributed by atoms with Crippen LogP contribution in [0, 0.1) is 11.3 Å². The molecule has 1 atom stereocenters. The van der Waals surface area contributed by atoms with Gasteiger partial charge in [0, 0.05) is 31.6 Å². The van der Waals surface area contributed by atoms with Gasteiger partial charge in [0.15, 0.2) is 5.69 Å². The number of alkyl halides is 3. The molecule has 3 aromatic rings. The topological polar surface area (TPSA) is 146 Å². The highest BCUT2D eigenvalue weighted by Gasteiger charge is 2.40. The zero-order chi connectivity index (χ0) is 27.7. The molecule has 17 heteroatoms. The third-order valence-corrected chi connectivity index (χ3v) is 6.17. The lowest BCUT2D eigenvalue weighted by molar-refractivity contribution is -0.140. The maximum absolute atomic E-state index is 13.5. The van der Waals surface area contributed by atoms with Crippen molar-refractivity contribution in [2.75, 3.05) is 37.7 Å². The second-order valence-corrected chi connectivity index (χ2v) is 8.63. The maximum atomic E-state index is 13.5. The molecule has 4 rings (SSSR count). The molecule has 1 fully saturated rings. The van der Waals surface area contributed by atoms with Crippen LogP contribution in [-0.4, -0.2) is 94.6 Å². The number of carbonyl (C=O) groups excluding carboxylic acids is 1. The lowest BCUT2D eigenvalue weighted by atomic mass is 9.61. The molecule has 4 radical (unpaired) electrons. The molecular formula is C21H20B2F3N9O3. The summed E-state index contributed by atoms with van der Waals surface area (Å²) in [5.74, 6) is 0.231. The first kappa shape index (κ1) is 27.1. The Bertz CT molecular complexity index is 1410. The summed E-state index contributed by atoms with van der Waals surface area (Å²) >= 11 is 0. The molecule has 4 heterocycles. The van der Waals surface area contributed by atoms with Crippen LogP contribution in [0.25, 0.3) is 10.9 Å². The van der Waals surface area contributed by atoms with Crippen molar-refractivity contribution >= 4 is 38.5 Å². The monoisotopic (exact) mass is 525 g/mol. The molecule has 0 spiro atoms. The van der Waals surface area contributed by atoms with Gasteiger partial charge in [-0.1, -0.05) is 0 Å². The minimum atomic E-state index is -4.91. The van der Waals surface area contributed by atoms with E-state index in [2.05, 4.69) is 20.2 Å². The number of hydrogen-bond acceptors (Lipinski definition) is 9. The third-order valence-electron chi connectivity index (χ3n) is 6.17. The van der Waals surface area contributed by atoms with Crippen LogP contribution in [0.3, 0.4) is 0 Å². The zero-order valence-electron chi connectivity index (χ0n) is 20.1. The molecule has 0 bridgehead atoms. The van der Waals surface area contributed by atoms with Crippen LogP contribution in [0.5, 0.6) is 0 Å². The predicted octanol–water partition coefficient (Wildman–Crippen LogP) is 0.107. The van der Waals surface area contributed by atoms with Crippen LogP contribution in [-0.2, 0) is 15.7 Å². The number of piperazine rings is 1. The molecule has 0 aromatic carbocycles. The van der Waals surface area contributed by atoms with Gasteiger partial charge in [-0.15, -0.1) is 0 Å². The van der Waals surface area contributed by atoms with Crippen molar-refractivity contribution in [3.63, 3.8) is 0 Å². The van der Waals surface area contributed by atoms with Crippen molar-refractivity contribution in [2.45, 2.75) is 31.0 Å². The molecule has 3 aromatic heterocycles. The van der Waals surface area contributed by atoms with Gasteiger partial charge in [-0.3, -0.25) is 14.3 Å². The van der Waals surface area contributed by atoms with Gasteiger partial charge in [0.2, 0.25) is 11.9 Å². The van der Waals surface area contributed by atoms with E-state index < -0.39 is 34.3 Å². The fraction of sp³-hybridized carbons (Fsp3) is 0.476. The van der Waals surface area contributed by atoms with Crippen LogP contribution in [0.15, 0.2) is 23.4 Å². The molecule has 0 aliphatic carbocycles. The average Bonchev–Trinajstić information content (AvgIpc) is 3.30. The highest BCUT2D eigenvalue weighted by atomic mass is 19.4. The van der Waals surface area contributed by atoms with Gasteiger partial charge in [-0.2, -0.15) is 28.6 Å². The van der Waals surface area contributed by atoms with E-state index in [-0.39, 0.29) is 24.5 Å². The van der Waals surface area contributed by atoms with E-state index in [0.29, 0.717) is 37.7 Å². The predicted molar refractivity (Wildman–Crippen MR) is 128 cm³/mol. The average molecular weight is 525 g/mol. The van der Waals surface area contributed by atoms with Crippen LogP contribution in [0.4, 0.5) is 19.1 Å². The number of amides is 1. The number of rotatable bonds is 7. The SMILES string of the molecule is [B]C([B])(OCCC(=O)N1CCN(c2ncc(C#N)cn2)CC1)C(C)n1nc(C(F)(F)F)c2c(=O)[nH]ncc21. The van der Waals surface area contributed by atoms with Crippen molar-refractivity contribution in [3.8, 4) is 6.07 Å². The van der Waals surface area contributed by atoms with E-state index >= 15 is 0 Å². The maximum Gasteiger partial charge on any atom is 0.435 e. The lowest BCUT2D eigenvalue weighted by Gasteiger charge is -2.36. The van der Waals surface area contributed by atoms with Crippen LogP contribution >= 0.6 is 0 Å². The van der Waals surface area contributed by atoms with Gasteiger partial charge in [-0.25, -0.2) is 15.1 Å². The highest BCUT2D eigenvalue weighted by Crippen LogP contribution is 2.34. The summed E-state index contributed by atoms with van der Waals surface area (Å²) in [6.45, 7) is 2.92. The van der Waals surface area contributed by atoms with Crippen molar-refractivity contribution in [3.05, 3.63) is 40.2 Å². The number of fused-ring (bicyclic) bond motifs is 1. The van der Waals surface area contributed by atoms with Gasteiger partial charge in [-0.05, 0) is 6.92 Å². The molecular weight excluding hydrogens is 505 g/mol. The molecule has 12 nitrogen and oxygen atoms in total. The number of anilines is 1. The summed E-state index contributed by atoms with van der Waals surface area (Å²) in [6, 6.07) is 0.779. The van der Waals surface area contributed by atoms with Crippen molar-refractivity contribution < 1.29 is 22.7 Å². The van der Waals surface area contributed by atoms with E-state index in [0.717, 1.165) is 10.9 Å².